The third-order valence-electron chi connectivity index (χ3n) is 8.08. The van der Waals surface area contributed by atoms with Crippen molar-refractivity contribution >= 4 is 28.3 Å². The van der Waals surface area contributed by atoms with Crippen LogP contribution in [0.3, 0.4) is 0 Å². The topological polar surface area (TPSA) is 74.8 Å². The van der Waals surface area contributed by atoms with Crippen LogP contribution in [-0.2, 0) is 11.4 Å². The van der Waals surface area contributed by atoms with Crippen LogP contribution in [0.15, 0.2) is 41.8 Å². The van der Waals surface area contributed by atoms with Gasteiger partial charge in [0.2, 0.25) is 5.91 Å². The van der Waals surface area contributed by atoms with Crippen LogP contribution >= 0.6 is 11.3 Å². The lowest BCUT2D eigenvalue weighted by atomic mass is 9.99. The summed E-state index contributed by atoms with van der Waals surface area (Å²) in [6, 6.07) is 11.9. The molecule has 38 heavy (non-hydrogen) atoms. The molecule has 2 atom stereocenters. The smallest absolute Gasteiger partial charge is 0.254 e. The van der Waals surface area contributed by atoms with Crippen LogP contribution in [-0.4, -0.2) is 54.4 Å². The van der Waals surface area contributed by atoms with E-state index in [9.17, 15) is 9.59 Å². The molecular weight excluding hydrogens is 496 g/mol. The molecule has 3 aliphatic rings. The van der Waals surface area contributed by atoms with Gasteiger partial charge in [-0.2, -0.15) is 0 Å². The number of nitrogens with one attached hydrogen (secondary N) is 1. The number of anilines is 1. The first-order valence-corrected chi connectivity index (χ1v) is 14.4. The molecule has 8 heteroatoms. The monoisotopic (exact) mass is 530 g/mol. The number of hydrogen-bond donors (Lipinski definition) is 1. The van der Waals surface area contributed by atoms with Crippen LogP contribution in [0.4, 0.5) is 5.13 Å². The maximum absolute atomic E-state index is 12.9. The molecule has 2 unspecified atom stereocenters. The summed E-state index contributed by atoms with van der Waals surface area (Å²) in [5, 5.41) is 6.03. The molecule has 198 valence electrons. The number of hydrogen-bond acceptors (Lipinski definition) is 6. The van der Waals surface area contributed by atoms with Crippen LogP contribution in [0.2, 0.25) is 0 Å². The van der Waals surface area contributed by atoms with Crippen molar-refractivity contribution in [2.24, 2.45) is 11.8 Å². The Hall–Kier alpha value is -3.39. The van der Waals surface area contributed by atoms with Gasteiger partial charge in [-0.15, -0.1) is 11.3 Å². The van der Waals surface area contributed by atoms with Gasteiger partial charge in [0, 0.05) is 42.7 Å². The highest BCUT2D eigenvalue weighted by Gasteiger charge is 2.34. The molecule has 1 aromatic heterocycles. The highest BCUT2D eigenvalue weighted by molar-refractivity contribution is 7.14. The zero-order valence-corrected chi connectivity index (χ0v) is 22.9. The number of rotatable bonds is 6. The number of aromatic nitrogens is 1. The molecule has 2 saturated heterocycles. The zero-order chi connectivity index (χ0) is 26.2. The number of aryl methyl sites for hydroxylation is 2. The van der Waals surface area contributed by atoms with Crippen molar-refractivity contribution in [1.82, 2.24) is 15.2 Å². The van der Waals surface area contributed by atoms with Crippen molar-refractivity contribution < 1.29 is 14.3 Å². The number of thiazole rings is 1. The molecule has 1 saturated carbocycles. The number of ether oxygens (including phenoxy) is 1. The van der Waals surface area contributed by atoms with E-state index in [1.165, 1.54) is 24.8 Å². The van der Waals surface area contributed by atoms with Crippen molar-refractivity contribution in [3.8, 4) is 17.0 Å². The number of fused-ring (bicyclic) bond motifs is 2. The van der Waals surface area contributed by atoms with Crippen LogP contribution in [0.1, 0.15) is 46.3 Å². The normalized spacial score (nSPS) is 20.9. The molecule has 6 rings (SSSR count). The number of piperidine rings is 1. The van der Waals surface area contributed by atoms with Gasteiger partial charge in [0.25, 0.3) is 5.91 Å². The van der Waals surface area contributed by atoms with Gasteiger partial charge in [-0.1, -0.05) is 17.7 Å². The second-order valence-electron chi connectivity index (χ2n) is 11.0. The fourth-order valence-electron chi connectivity index (χ4n) is 6.01. The molecule has 2 bridgehead atoms. The first-order chi connectivity index (χ1) is 18.4. The van der Waals surface area contributed by atoms with Gasteiger partial charge in [-0.05, 0) is 80.3 Å². The fourth-order valence-corrected chi connectivity index (χ4v) is 6.85. The summed E-state index contributed by atoms with van der Waals surface area (Å²) >= 11 is 1.73. The third kappa shape index (κ3) is 5.14. The van der Waals surface area contributed by atoms with E-state index in [-0.39, 0.29) is 18.4 Å². The van der Waals surface area contributed by atoms with E-state index >= 15 is 0 Å². The summed E-state index contributed by atoms with van der Waals surface area (Å²) in [6.45, 7) is 7.87. The summed E-state index contributed by atoms with van der Waals surface area (Å²) < 4.78 is 6.35. The summed E-state index contributed by atoms with van der Waals surface area (Å²) in [6.07, 6.45) is 4.10. The summed E-state index contributed by atoms with van der Waals surface area (Å²) in [5.41, 5.74) is 5.75. The van der Waals surface area contributed by atoms with E-state index in [1.54, 1.807) is 16.2 Å². The Balaban J connectivity index is 1.16. The van der Waals surface area contributed by atoms with Crippen LogP contribution in [0, 0.1) is 25.7 Å². The van der Waals surface area contributed by atoms with E-state index in [1.807, 2.05) is 31.2 Å². The molecule has 1 aliphatic carbocycles. The molecule has 0 radical (unpaired) electrons. The maximum atomic E-state index is 12.9. The minimum absolute atomic E-state index is 0.107. The van der Waals surface area contributed by atoms with Crippen molar-refractivity contribution in [3.63, 3.8) is 0 Å². The van der Waals surface area contributed by atoms with Gasteiger partial charge in [0.1, 0.15) is 12.4 Å². The average Bonchev–Trinajstić information content (AvgIpc) is 3.54. The molecule has 0 spiro atoms. The Labute approximate surface area is 227 Å². The lowest BCUT2D eigenvalue weighted by molar-refractivity contribution is -0.123. The number of piperazine rings is 1. The Morgan fingerprint density at radius 2 is 1.95 bits per heavy atom. The number of nitrogens with zero attached hydrogens (tertiary/aromatic N) is 3. The molecule has 2 aliphatic heterocycles. The van der Waals surface area contributed by atoms with Crippen molar-refractivity contribution in [2.45, 2.75) is 39.7 Å². The van der Waals surface area contributed by atoms with Crippen LogP contribution < -0.4 is 15.0 Å². The molecule has 7 nitrogen and oxygen atoms in total. The Bertz CT molecular complexity index is 1360. The van der Waals surface area contributed by atoms with Crippen molar-refractivity contribution in [1.29, 1.82) is 0 Å². The molecular formula is C30H34N4O3S. The Morgan fingerprint density at radius 3 is 2.71 bits per heavy atom. The quantitative estimate of drug-likeness (QED) is 0.495. The maximum Gasteiger partial charge on any atom is 0.254 e. The number of carbonyl (C=O) groups excluding carboxylic acids is 2. The standard InChI is InChI=1S/C30H34N4O3S/c1-19-3-8-27(25(11-19)26-18-38-30(32-26)34-14-21-4-5-22(13-21)15-34)37-17-24-7-6-23(12-20(24)2)29(36)33-10-9-31-28(35)16-33/h3,6-8,11-12,18,21-22H,4-5,9-10,13-17H2,1-2H3,(H,31,35). The van der Waals surface area contributed by atoms with E-state index in [4.69, 9.17) is 9.72 Å². The highest BCUT2D eigenvalue weighted by atomic mass is 32.1. The second-order valence-corrected chi connectivity index (χ2v) is 11.8. The molecule has 1 N–H and O–H groups in total. The number of benzene rings is 2. The van der Waals surface area contributed by atoms with Gasteiger partial charge in [-0.3, -0.25) is 9.59 Å². The largest absolute Gasteiger partial charge is 0.488 e. The minimum Gasteiger partial charge on any atom is -0.488 e. The van der Waals surface area contributed by atoms with Gasteiger partial charge < -0.3 is 19.9 Å². The lowest BCUT2D eigenvalue weighted by Gasteiger charge is -2.31. The SMILES string of the molecule is Cc1ccc(OCc2ccc(C(=O)N3CCNC(=O)C3)cc2C)c(-c2csc(N3CC4CCC(C4)C3)n2)c1. The van der Waals surface area contributed by atoms with Gasteiger partial charge in [-0.25, -0.2) is 4.98 Å². The molecule has 3 fully saturated rings. The van der Waals surface area contributed by atoms with E-state index in [0.29, 0.717) is 25.3 Å². The fraction of sp³-hybridized carbons (Fsp3) is 0.433. The molecule has 2 aromatic carbocycles. The van der Waals surface area contributed by atoms with Crippen LogP contribution in [0.5, 0.6) is 5.75 Å². The van der Waals surface area contributed by atoms with E-state index in [0.717, 1.165) is 58.2 Å². The van der Waals surface area contributed by atoms with Crippen molar-refractivity contribution in [2.75, 3.05) is 37.6 Å². The minimum atomic E-state index is -0.115. The first-order valence-electron chi connectivity index (χ1n) is 13.5. The van der Waals surface area contributed by atoms with Gasteiger partial charge in [0.05, 0.1) is 12.2 Å². The summed E-state index contributed by atoms with van der Waals surface area (Å²) in [5.74, 6) is 2.23. The average molecular weight is 531 g/mol. The van der Waals surface area contributed by atoms with Crippen LogP contribution in [0.25, 0.3) is 11.3 Å². The predicted octanol–water partition coefficient (Wildman–Crippen LogP) is 4.81. The van der Waals surface area contributed by atoms with Crippen molar-refractivity contribution in [3.05, 3.63) is 64.0 Å². The Kier molecular flexibility index (Phi) is 6.82. The Morgan fingerprint density at radius 1 is 1.13 bits per heavy atom. The summed E-state index contributed by atoms with van der Waals surface area (Å²) in [7, 11) is 0. The molecule has 3 aromatic rings. The van der Waals surface area contributed by atoms with Gasteiger partial charge in [0.15, 0.2) is 5.13 Å². The lowest BCUT2D eigenvalue weighted by Crippen LogP contribution is -2.49. The first kappa shape index (κ1) is 24.9. The molecule has 2 amide bonds. The zero-order valence-electron chi connectivity index (χ0n) is 22.0. The van der Waals surface area contributed by atoms with E-state index < -0.39 is 0 Å². The number of carbonyl (C=O) groups is 2. The predicted molar refractivity (Wildman–Crippen MR) is 150 cm³/mol. The third-order valence-corrected chi connectivity index (χ3v) is 8.98. The highest BCUT2D eigenvalue weighted by Crippen LogP contribution is 2.40. The second kappa shape index (κ2) is 10.4. The number of amides is 2. The van der Waals surface area contributed by atoms with Gasteiger partial charge >= 0.3 is 0 Å². The van der Waals surface area contributed by atoms with E-state index in [2.05, 4.69) is 34.7 Å². The summed E-state index contributed by atoms with van der Waals surface area (Å²) in [4.78, 5) is 33.7. The molecule has 3 heterocycles.